The van der Waals surface area contributed by atoms with E-state index in [1.54, 1.807) is 11.2 Å². The Bertz CT molecular complexity index is 840. The molecule has 1 fully saturated rings. The summed E-state index contributed by atoms with van der Waals surface area (Å²) in [6.07, 6.45) is 2.99. The Balaban J connectivity index is 1.79. The minimum absolute atomic E-state index is 0.395. The lowest BCUT2D eigenvalue weighted by atomic mass is 10.2. The maximum Gasteiger partial charge on any atom is 0.246 e. The summed E-state index contributed by atoms with van der Waals surface area (Å²) in [5.74, 6) is 0. The molecule has 0 saturated carbocycles. The Kier molecular flexibility index (Phi) is 5.79. The molecular formula is C19H29N4O2S+. The van der Waals surface area contributed by atoms with Crippen LogP contribution in [-0.2, 0) is 23.2 Å². The van der Waals surface area contributed by atoms with E-state index in [1.165, 1.54) is 10.5 Å². The molecule has 1 aliphatic rings. The molecule has 0 bridgehead atoms. The summed E-state index contributed by atoms with van der Waals surface area (Å²) in [6, 6.07) is 10.3. The van der Waals surface area contributed by atoms with Gasteiger partial charge in [0.25, 0.3) is 0 Å². The minimum atomic E-state index is -3.46. The Labute approximate surface area is 156 Å². The van der Waals surface area contributed by atoms with Gasteiger partial charge < -0.3 is 4.90 Å². The van der Waals surface area contributed by atoms with Crippen LogP contribution in [-0.4, -0.2) is 42.6 Å². The average molecular weight is 378 g/mol. The van der Waals surface area contributed by atoms with Crippen molar-refractivity contribution in [3.05, 3.63) is 47.3 Å². The first-order valence-corrected chi connectivity index (χ1v) is 10.7. The molecule has 1 aliphatic heterocycles. The minimum Gasteiger partial charge on any atom is -0.315 e. The lowest BCUT2D eigenvalue weighted by Crippen LogP contribution is -3.07. The van der Waals surface area contributed by atoms with Gasteiger partial charge in [-0.25, -0.2) is 13.1 Å². The van der Waals surface area contributed by atoms with E-state index < -0.39 is 10.0 Å². The van der Waals surface area contributed by atoms with E-state index in [4.69, 9.17) is 0 Å². The normalized spacial score (nSPS) is 17.3. The van der Waals surface area contributed by atoms with Gasteiger partial charge in [-0.05, 0) is 26.7 Å². The zero-order valence-corrected chi connectivity index (χ0v) is 16.7. The van der Waals surface area contributed by atoms with Crippen LogP contribution in [0.4, 0.5) is 0 Å². The first kappa shape index (κ1) is 19.1. The van der Waals surface area contributed by atoms with Gasteiger partial charge in [-0.2, -0.15) is 9.40 Å². The fourth-order valence-electron chi connectivity index (χ4n) is 3.70. The van der Waals surface area contributed by atoms with E-state index in [0.29, 0.717) is 30.3 Å². The zero-order chi connectivity index (χ0) is 18.7. The van der Waals surface area contributed by atoms with Crippen molar-refractivity contribution in [2.75, 3.05) is 20.1 Å². The van der Waals surface area contributed by atoms with Gasteiger partial charge in [0, 0.05) is 18.7 Å². The van der Waals surface area contributed by atoms with Gasteiger partial charge in [-0.3, -0.25) is 0 Å². The highest BCUT2D eigenvalue weighted by molar-refractivity contribution is 7.89. The molecule has 1 aromatic carbocycles. The number of benzene rings is 1. The number of nitrogens with zero attached hydrogens (tertiary/aromatic N) is 3. The van der Waals surface area contributed by atoms with Crippen molar-refractivity contribution in [3.63, 3.8) is 0 Å². The SMILES string of the molecule is Cc1nn(C[NH+](C)Cc2ccccc2)c(C)c1S(=O)(=O)N1CCCCC1. The van der Waals surface area contributed by atoms with Crippen LogP contribution in [0.25, 0.3) is 0 Å². The number of sulfonamides is 1. The Morgan fingerprint density at radius 1 is 1.08 bits per heavy atom. The molecule has 26 heavy (non-hydrogen) atoms. The summed E-state index contributed by atoms with van der Waals surface area (Å²) < 4.78 is 29.6. The second-order valence-corrected chi connectivity index (χ2v) is 9.12. The largest absolute Gasteiger partial charge is 0.315 e. The molecule has 0 aliphatic carbocycles. The molecule has 142 valence electrons. The fourth-order valence-corrected chi connectivity index (χ4v) is 5.59. The Morgan fingerprint density at radius 3 is 2.38 bits per heavy atom. The molecule has 1 unspecified atom stereocenters. The summed E-state index contributed by atoms with van der Waals surface area (Å²) in [5.41, 5.74) is 2.59. The first-order valence-electron chi connectivity index (χ1n) is 9.29. The van der Waals surface area contributed by atoms with Crippen LogP contribution in [0.15, 0.2) is 35.2 Å². The number of hydrogen-bond donors (Lipinski definition) is 1. The summed E-state index contributed by atoms with van der Waals surface area (Å²) in [5, 5.41) is 4.54. The zero-order valence-electron chi connectivity index (χ0n) is 15.9. The maximum absolute atomic E-state index is 13.1. The molecule has 1 N–H and O–H groups in total. The van der Waals surface area contributed by atoms with Crippen LogP contribution in [0.1, 0.15) is 36.2 Å². The van der Waals surface area contributed by atoms with Gasteiger partial charge in [-0.1, -0.05) is 36.8 Å². The van der Waals surface area contributed by atoms with E-state index >= 15 is 0 Å². The van der Waals surface area contributed by atoms with Gasteiger partial charge in [0.05, 0.1) is 18.4 Å². The molecule has 0 radical (unpaired) electrons. The second-order valence-electron chi connectivity index (χ2n) is 7.24. The molecule has 2 heterocycles. The number of nitrogens with one attached hydrogen (secondary N) is 1. The summed E-state index contributed by atoms with van der Waals surface area (Å²) in [7, 11) is -1.36. The Hall–Kier alpha value is -1.70. The van der Waals surface area contributed by atoms with Crippen LogP contribution in [0.3, 0.4) is 0 Å². The van der Waals surface area contributed by atoms with Gasteiger partial charge in [0.2, 0.25) is 10.0 Å². The van der Waals surface area contributed by atoms with Crippen LogP contribution < -0.4 is 4.90 Å². The van der Waals surface area contributed by atoms with Crippen LogP contribution in [0.2, 0.25) is 0 Å². The van der Waals surface area contributed by atoms with E-state index in [9.17, 15) is 8.42 Å². The van der Waals surface area contributed by atoms with Gasteiger partial charge in [-0.15, -0.1) is 0 Å². The predicted octanol–water partition coefficient (Wildman–Crippen LogP) is 1.35. The monoisotopic (exact) mass is 377 g/mol. The summed E-state index contributed by atoms with van der Waals surface area (Å²) >= 11 is 0. The molecule has 3 rings (SSSR count). The molecule has 2 aromatic rings. The molecule has 1 atom stereocenters. The highest BCUT2D eigenvalue weighted by Crippen LogP contribution is 2.25. The third-order valence-electron chi connectivity index (χ3n) is 5.00. The number of hydrogen-bond acceptors (Lipinski definition) is 3. The van der Waals surface area contributed by atoms with E-state index in [-0.39, 0.29) is 0 Å². The Morgan fingerprint density at radius 2 is 1.73 bits per heavy atom. The van der Waals surface area contributed by atoms with Gasteiger partial charge >= 0.3 is 0 Å². The quantitative estimate of drug-likeness (QED) is 0.827. The first-order chi connectivity index (χ1) is 12.4. The third kappa shape index (κ3) is 4.00. The number of rotatable bonds is 6. The smallest absolute Gasteiger partial charge is 0.246 e. The van der Waals surface area contributed by atoms with E-state index in [2.05, 4.69) is 24.3 Å². The topological polar surface area (TPSA) is 59.6 Å². The van der Waals surface area contributed by atoms with Crippen molar-refractivity contribution in [2.24, 2.45) is 0 Å². The molecule has 0 spiro atoms. The summed E-state index contributed by atoms with van der Waals surface area (Å²) in [6.45, 7) is 6.40. The molecule has 1 saturated heterocycles. The van der Waals surface area contributed by atoms with Crippen molar-refractivity contribution >= 4 is 10.0 Å². The van der Waals surface area contributed by atoms with E-state index in [0.717, 1.165) is 31.5 Å². The number of piperidine rings is 1. The van der Waals surface area contributed by atoms with Crippen molar-refractivity contribution in [1.29, 1.82) is 0 Å². The van der Waals surface area contributed by atoms with Crippen molar-refractivity contribution in [2.45, 2.75) is 51.2 Å². The lowest BCUT2D eigenvalue weighted by molar-refractivity contribution is -0.917. The van der Waals surface area contributed by atoms with Crippen LogP contribution in [0.5, 0.6) is 0 Å². The van der Waals surface area contributed by atoms with Crippen molar-refractivity contribution in [1.82, 2.24) is 14.1 Å². The fraction of sp³-hybridized carbons (Fsp3) is 0.526. The summed E-state index contributed by atoms with van der Waals surface area (Å²) in [4.78, 5) is 1.65. The van der Waals surface area contributed by atoms with Gasteiger partial charge in [0.1, 0.15) is 11.4 Å². The van der Waals surface area contributed by atoms with Crippen LogP contribution >= 0.6 is 0 Å². The molecule has 7 heteroatoms. The number of aromatic nitrogens is 2. The third-order valence-corrected chi connectivity index (χ3v) is 7.15. The predicted molar refractivity (Wildman–Crippen MR) is 101 cm³/mol. The maximum atomic E-state index is 13.1. The highest BCUT2D eigenvalue weighted by atomic mass is 32.2. The second kappa shape index (κ2) is 7.90. The lowest BCUT2D eigenvalue weighted by Gasteiger charge is -2.26. The number of quaternary nitrogens is 1. The standard InChI is InChI=1S/C19H28N4O2S/c1-16-19(26(24,25)22-12-8-5-9-13-22)17(2)23(20-16)15-21(3)14-18-10-6-4-7-11-18/h4,6-7,10-11H,5,8-9,12-15H2,1-3H3/p+1. The average Bonchev–Trinajstić information content (AvgIpc) is 2.90. The molecule has 6 nitrogen and oxygen atoms in total. The molecule has 0 amide bonds. The number of aryl methyl sites for hydroxylation is 1. The van der Waals surface area contributed by atoms with E-state index in [1.807, 2.05) is 29.8 Å². The van der Waals surface area contributed by atoms with Crippen LogP contribution in [0, 0.1) is 13.8 Å². The van der Waals surface area contributed by atoms with Crippen molar-refractivity contribution < 1.29 is 13.3 Å². The highest BCUT2D eigenvalue weighted by Gasteiger charge is 2.32. The van der Waals surface area contributed by atoms with Crippen molar-refractivity contribution in [3.8, 4) is 0 Å². The molecule has 1 aromatic heterocycles. The van der Waals surface area contributed by atoms with Gasteiger partial charge in [0.15, 0.2) is 6.67 Å². The molecular weight excluding hydrogens is 348 g/mol.